The largest absolute Gasteiger partial charge is 0.396 e. The smallest absolute Gasteiger partial charge is 0.183 e. The lowest BCUT2D eigenvalue weighted by Crippen LogP contribution is -2.47. The number of hydrogen-bond acceptors (Lipinski definition) is 7. The molecular weight excluding hydrogens is 380 g/mol. The van der Waals surface area contributed by atoms with Gasteiger partial charge in [0.2, 0.25) is 0 Å². The van der Waals surface area contributed by atoms with E-state index in [1.165, 1.54) is 0 Å². The molecule has 2 aliphatic rings. The van der Waals surface area contributed by atoms with E-state index in [0.717, 1.165) is 29.8 Å². The van der Waals surface area contributed by atoms with E-state index in [1.54, 1.807) is 16.8 Å². The Hall–Kier alpha value is -3.27. The number of dihydropyridines is 1. The number of likely N-dealkylation sites (tertiary alicyclic amines) is 1. The fourth-order valence-electron chi connectivity index (χ4n) is 3.70. The molecule has 10 nitrogen and oxygen atoms in total. The number of likely N-dealkylation sites (N-methyl/N-ethyl adjacent to an activating group) is 1. The first-order valence-electron chi connectivity index (χ1n) is 9.95. The van der Waals surface area contributed by atoms with Gasteiger partial charge in [0.05, 0.1) is 39.6 Å². The molecule has 1 saturated heterocycles. The molecule has 4 heterocycles. The average Bonchev–Trinajstić information content (AvgIpc) is 3.31. The Morgan fingerprint density at radius 3 is 2.73 bits per heavy atom. The molecule has 0 saturated carbocycles. The molecule has 0 radical (unpaired) electrons. The van der Waals surface area contributed by atoms with Crippen molar-refractivity contribution in [2.45, 2.75) is 12.5 Å². The maximum absolute atomic E-state index is 8.33. The Bertz CT molecular complexity index is 1080. The molecule has 0 bridgehead atoms. The lowest BCUT2D eigenvalue weighted by atomic mass is 10.2. The SMILES string of the molecule is CN(C)c1ccn2ncc(N=C3N=C(N4CCC([N+](C)(C)C)C4)C(N)=CC3=N)c2n1. The number of amidine groups is 2. The van der Waals surface area contributed by atoms with Gasteiger partial charge in [-0.2, -0.15) is 5.10 Å². The van der Waals surface area contributed by atoms with Crippen LogP contribution in [0.1, 0.15) is 6.42 Å². The maximum atomic E-state index is 8.33. The molecule has 2 aromatic rings. The Labute approximate surface area is 176 Å². The van der Waals surface area contributed by atoms with Crippen LogP contribution in [0.4, 0.5) is 11.5 Å². The van der Waals surface area contributed by atoms with E-state index in [9.17, 15) is 0 Å². The van der Waals surface area contributed by atoms with E-state index < -0.39 is 0 Å². The minimum atomic E-state index is 0.182. The van der Waals surface area contributed by atoms with Crippen molar-refractivity contribution in [2.24, 2.45) is 15.7 Å². The van der Waals surface area contributed by atoms with E-state index in [4.69, 9.17) is 11.1 Å². The van der Waals surface area contributed by atoms with E-state index in [2.05, 4.69) is 46.1 Å². The number of anilines is 1. The van der Waals surface area contributed by atoms with Crippen LogP contribution < -0.4 is 10.6 Å². The molecule has 10 heteroatoms. The van der Waals surface area contributed by atoms with Crippen LogP contribution in [0, 0.1) is 5.41 Å². The normalized spacial score (nSPS) is 21.4. The molecule has 30 heavy (non-hydrogen) atoms. The molecule has 0 spiro atoms. The summed E-state index contributed by atoms with van der Waals surface area (Å²) >= 11 is 0. The van der Waals surface area contributed by atoms with Crippen LogP contribution in [0.25, 0.3) is 5.65 Å². The fraction of sp³-hybridized carbons (Fsp3) is 0.450. The maximum Gasteiger partial charge on any atom is 0.183 e. The lowest BCUT2D eigenvalue weighted by molar-refractivity contribution is -0.893. The number of hydrogen-bond donors (Lipinski definition) is 2. The lowest BCUT2D eigenvalue weighted by Gasteiger charge is -2.32. The van der Waals surface area contributed by atoms with Crippen LogP contribution in [0.2, 0.25) is 0 Å². The number of aromatic nitrogens is 3. The summed E-state index contributed by atoms with van der Waals surface area (Å²) in [7, 11) is 10.5. The highest BCUT2D eigenvalue weighted by atomic mass is 15.4. The predicted octanol–water partition coefficient (Wildman–Crippen LogP) is 0.880. The van der Waals surface area contributed by atoms with Crippen molar-refractivity contribution >= 4 is 34.5 Å². The van der Waals surface area contributed by atoms with E-state index in [0.29, 0.717) is 34.7 Å². The summed E-state index contributed by atoms with van der Waals surface area (Å²) in [6.07, 6.45) is 6.19. The minimum Gasteiger partial charge on any atom is -0.396 e. The van der Waals surface area contributed by atoms with Crippen LogP contribution in [0.15, 0.2) is 40.2 Å². The van der Waals surface area contributed by atoms with Gasteiger partial charge in [-0.05, 0) is 12.1 Å². The second-order valence-corrected chi connectivity index (χ2v) is 8.87. The molecule has 4 rings (SSSR count). The van der Waals surface area contributed by atoms with Gasteiger partial charge >= 0.3 is 0 Å². The summed E-state index contributed by atoms with van der Waals surface area (Å²) in [6.45, 7) is 1.76. The third-order valence-corrected chi connectivity index (χ3v) is 5.59. The third-order valence-electron chi connectivity index (χ3n) is 5.59. The van der Waals surface area contributed by atoms with Crippen molar-refractivity contribution in [3.8, 4) is 0 Å². The third kappa shape index (κ3) is 3.65. The van der Waals surface area contributed by atoms with Crippen molar-refractivity contribution in [1.82, 2.24) is 19.5 Å². The Balaban J connectivity index is 1.69. The second kappa shape index (κ2) is 7.21. The van der Waals surface area contributed by atoms with Gasteiger partial charge in [-0.1, -0.05) is 0 Å². The number of nitrogens with two attached hydrogens (primary N) is 1. The van der Waals surface area contributed by atoms with Crippen LogP contribution in [-0.4, -0.2) is 95.7 Å². The second-order valence-electron chi connectivity index (χ2n) is 8.87. The first-order valence-corrected chi connectivity index (χ1v) is 9.95. The number of nitrogens with one attached hydrogen (secondary N) is 1. The standard InChI is InChI=1S/C20H29N10/c1-27(2)17-7-9-29-20(25-17)16(11-23-29)24-18-14(21)10-15(22)19(26-18)28-8-6-13(12-28)30(3,4)5/h7,9-11,13,21H,6,8,12,22H2,1-5H3/q+1. The highest BCUT2D eigenvalue weighted by molar-refractivity contribution is 6.49. The highest BCUT2D eigenvalue weighted by Gasteiger charge is 2.35. The average molecular weight is 410 g/mol. The quantitative estimate of drug-likeness (QED) is 0.731. The van der Waals surface area contributed by atoms with Crippen molar-refractivity contribution in [1.29, 1.82) is 5.41 Å². The molecule has 0 aromatic carbocycles. The van der Waals surface area contributed by atoms with Gasteiger partial charge in [-0.15, -0.1) is 0 Å². The van der Waals surface area contributed by atoms with Gasteiger partial charge in [0, 0.05) is 33.3 Å². The number of aliphatic imine (C=N–C) groups is 2. The van der Waals surface area contributed by atoms with E-state index >= 15 is 0 Å². The molecule has 1 atom stereocenters. The topological polar surface area (TPSA) is 111 Å². The van der Waals surface area contributed by atoms with Gasteiger partial charge in [0.15, 0.2) is 17.3 Å². The summed E-state index contributed by atoms with van der Waals surface area (Å²) in [5, 5.41) is 12.6. The molecule has 1 unspecified atom stereocenters. The van der Waals surface area contributed by atoms with Crippen LogP contribution in [0.3, 0.4) is 0 Å². The molecule has 2 aromatic heterocycles. The molecular formula is C20H29N10+. The van der Waals surface area contributed by atoms with Crippen molar-refractivity contribution in [2.75, 3.05) is 53.2 Å². The van der Waals surface area contributed by atoms with Gasteiger partial charge in [-0.25, -0.2) is 19.5 Å². The zero-order valence-electron chi connectivity index (χ0n) is 18.2. The van der Waals surface area contributed by atoms with Gasteiger partial charge in [-0.3, -0.25) is 5.41 Å². The molecule has 3 N–H and O–H groups in total. The monoisotopic (exact) mass is 409 g/mol. The number of nitrogens with zero attached hydrogens (tertiary/aromatic N) is 8. The highest BCUT2D eigenvalue weighted by Crippen LogP contribution is 2.24. The zero-order chi connectivity index (χ0) is 21.6. The first-order chi connectivity index (χ1) is 14.1. The zero-order valence-corrected chi connectivity index (χ0v) is 18.2. The van der Waals surface area contributed by atoms with E-state index in [1.807, 2.05) is 31.3 Å². The molecule has 0 aliphatic carbocycles. The number of fused-ring (bicyclic) bond motifs is 1. The van der Waals surface area contributed by atoms with Crippen LogP contribution >= 0.6 is 0 Å². The first kappa shape index (κ1) is 20.0. The summed E-state index contributed by atoms with van der Waals surface area (Å²) in [6, 6.07) is 2.40. The van der Waals surface area contributed by atoms with Crippen LogP contribution in [0.5, 0.6) is 0 Å². The predicted molar refractivity (Wildman–Crippen MR) is 120 cm³/mol. The Kier molecular flexibility index (Phi) is 4.81. The molecule has 158 valence electrons. The Morgan fingerprint density at radius 2 is 2.07 bits per heavy atom. The van der Waals surface area contributed by atoms with Crippen molar-refractivity contribution < 1.29 is 4.48 Å². The number of quaternary nitrogens is 1. The summed E-state index contributed by atoms with van der Waals surface area (Å²) in [4.78, 5) is 18.0. The van der Waals surface area contributed by atoms with Gasteiger partial charge < -0.3 is 20.0 Å². The Morgan fingerprint density at radius 1 is 1.30 bits per heavy atom. The summed E-state index contributed by atoms with van der Waals surface area (Å²) in [5.41, 5.74) is 8.11. The van der Waals surface area contributed by atoms with Gasteiger partial charge in [0.1, 0.15) is 23.3 Å². The van der Waals surface area contributed by atoms with Crippen molar-refractivity contribution in [3.63, 3.8) is 0 Å². The van der Waals surface area contributed by atoms with Gasteiger partial charge in [0.25, 0.3) is 0 Å². The summed E-state index contributed by atoms with van der Waals surface area (Å²) in [5.74, 6) is 1.82. The molecule has 1 fully saturated rings. The van der Waals surface area contributed by atoms with Crippen molar-refractivity contribution in [3.05, 3.63) is 30.2 Å². The van der Waals surface area contributed by atoms with Crippen LogP contribution in [-0.2, 0) is 0 Å². The van der Waals surface area contributed by atoms with E-state index in [-0.39, 0.29) is 5.71 Å². The molecule has 2 aliphatic heterocycles. The fourth-order valence-corrected chi connectivity index (χ4v) is 3.70. The minimum absolute atomic E-state index is 0.182. The number of rotatable bonds is 3. The molecule has 0 amide bonds. The summed E-state index contributed by atoms with van der Waals surface area (Å²) < 4.78 is 2.56.